The number of hydrogen-bond acceptors (Lipinski definition) is 3. The molecule has 0 aliphatic carbocycles. The highest BCUT2D eigenvalue weighted by Gasteiger charge is 2.12. The van der Waals surface area contributed by atoms with E-state index in [1.54, 1.807) is 19.2 Å². The summed E-state index contributed by atoms with van der Waals surface area (Å²) in [5.74, 6) is 0. The van der Waals surface area contributed by atoms with Crippen LogP contribution in [0.25, 0.3) is 0 Å². The molecule has 0 spiro atoms. The Morgan fingerprint density at radius 2 is 2.00 bits per heavy atom. The van der Waals surface area contributed by atoms with Crippen LogP contribution in [0.4, 0.5) is 5.69 Å². The van der Waals surface area contributed by atoms with Gasteiger partial charge in [-0.2, -0.15) is 0 Å². The molecule has 72 valence electrons. The first-order valence-corrected chi connectivity index (χ1v) is 5.89. The zero-order valence-electron chi connectivity index (χ0n) is 7.33. The third-order valence-corrected chi connectivity index (χ3v) is 2.98. The predicted octanol–water partition coefficient (Wildman–Crippen LogP) is 1.79. The van der Waals surface area contributed by atoms with Crippen molar-refractivity contribution in [2.24, 2.45) is 0 Å². The Labute approximate surface area is 82.6 Å². The molecule has 0 bridgehead atoms. The Morgan fingerprint density at radius 1 is 1.38 bits per heavy atom. The maximum atomic E-state index is 11.3. The van der Waals surface area contributed by atoms with Crippen LogP contribution in [0.2, 0.25) is 5.02 Å². The van der Waals surface area contributed by atoms with Crippen molar-refractivity contribution < 1.29 is 8.42 Å². The fourth-order valence-electron chi connectivity index (χ4n) is 1.01. The molecule has 0 radical (unpaired) electrons. The van der Waals surface area contributed by atoms with Gasteiger partial charge in [-0.15, -0.1) is 0 Å². The molecule has 0 aromatic heterocycles. The fourth-order valence-corrected chi connectivity index (χ4v) is 2.16. The van der Waals surface area contributed by atoms with Gasteiger partial charge in [0.25, 0.3) is 0 Å². The molecule has 0 aliphatic heterocycles. The third-order valence-electron chi connectivity index (χ3n) is 1.61. The van der Waals surface area contributed by atoms with Crippen LogP contribution >= 0.6 is 11.6 Å². The topological polar surface area (TPSA) is 46.2 Å². The van der Waals surface area contributed by atoms with Crippen LogP contribution in [-0.2, 0) is 9.84 Å². The molecule has 0 saturated heterocycles. The van der Waals surface area contributed by atoms with Gasteiger partial charge in [0.2, 0.25) is 0 Å². The smallest absolute Gasteiger partial charge is 0.177 e. The summed E-state index contributed by atoms with van der Waals surface area (Å²) in [4.78, 5) is 0.225. The molecule has 0 unspecified atom stereocenters. The Balaban J connectivity index is 3.41. The number of anilines is 1. The van der Waals surface area contributed by atoms with E-state index >= 15 is 0 Å². The minimum atomic E-state index is -3.22. The summed E-state index contributed by atoms with van der Waals surface area (Å²) in [6.45, 7) is 0. The van der Waals surface area contributed by atoms with E-state index in [1.807, 2.05) is 0 Å². The van der Waals surface area contributed by atoms with Gasteiger partial charge in [0.1, 0.15) is 0 Å². The quantitative estimate of drug-likeness (QED) is 0.825. The number of rotatable bonds is 2. The number of sulfone groups is 1. The summed E-state index contributed by atoms with van der Waals surface area (Å²) in [5, 5.41) is 3.21. The third kappa shape index (κ3) is 2.35. The number of halogens is 1. The van der Waals surface area contributed by atoms with Gasteiger partial charge in [-0.1, -0.05) is 11.6 Å². The summed E-state index contributed by atoms with van der Waals surface area (Å²) in [5.41, 5.74) is 0.562. The molecule has 3 nitrogen and oxygen atoms in total. The zero-order chi connectivity index (χ0) is 10.1. The Hall–Kier alpha value is -0.740. The summed E-state index contributed by atoms with van der Waals surface area (Å²) in [7, 11) is -1.55. The maximum absolute atomic E-state index is 11.3. The first kappa shape index (κ1) is 10.3. The van der Waals surface area contributed by atoms with Crippen molar-refractivity contribution in [3.63, 3.8) is 0 Å². The van der Waals surface area contributed by atoms with Crippen LogP contribution in [0.1, 0.15) is 0 Å². The summed E-state index contributed by atoms with van der Waals surface area (Å²) in [6, 6.07) is 4.71. The van der Waals surface area contributed by atoms with E-state index < -0.39 is 9.84 Å². The second-order valence-corrected chi connectivity index (χ2v) is 5.08. The van der Waals surface area contributed by atoms with Crippen molar-refractivity contribution in [2.75, 3.05) is 18.6 Å². The standard InChI is InChI=1S/C8H10ClNO2S/c1-10-7-4-3-6(9)5-8(7)13(2,11)12/h3-5,10H,1-2H3. The lowest BCUT2D eigenvalue weighted by Crippen LogP contribution is -2.02. The van der Waals surface area contributed by atoms with Crippen molar-refractivity contribution >= 4 is 27.1 Å². The molecule has 0 atom stereocenters. The number of hydrogen-bond donors (Lipinski definition) is 1. The summed E-state index contributed by atoms with van der Waals surface area (Å²) in [6.07, 6.45) is 1.15. The van der Waals surface area contributed by atoms with E-state index in [2.05, 4.69) is 5.32 Å². The van der Waals surface area contributed by atoms with Gasteiger partial charge in [0.05, 0.1) is 10.6 Å². The maximum Gasteiger partial charge on any atom is 0.177 e. The minimum absolute atomic E-state index is 0.225. The lowest BCUT2D eigenvalue weighted by molar-refractivity contribution is 0.602. The Morgan fingerprint density at radius 3 is 2.46 bits per heavy atom. The second-order valence-electron chi connectivity index (χ2n) is 2.66. The van der Waals surface area contributed by atoms with E-state index in [4.69, 9.17) is 11.6 Å². The predicted molar refractivity (Wildman–Crippen MR) is 54.1 cm³/mol. The molecule has 0 heterocycles. The van der Waals surface area contributed by atoms with Crippen LogP contribution in [0.15, 0.2) is 23.1 Å². The van der Waals surface area contributed by atoms with Gasteiger partial charge < -0.3 is 5.32 Å². The molecule has 13 heavy (non-hydrogen) atoms. The number of nitrogens with one attached hydrogen (secondary N) is 1. The van der Waals surface area contributed by atoms with Gasteiger partial charge >= 0.3 is 0 Å². The monoisotopic (exact) mass is 219 g/mol. The van der Waals surface area contributed by atoms with E-state index in [-0.39, 0.29) is 4.90 Å². The molecule has 5 heteroatoms. The lowest BCUT2D eigenvalue weighted by atomic mass is 10.3. The highest BCUT2D eigenvalue weighted by molar-refractivity contribution is 7.90. The van der Waals surface area contributed by atoms with E-state index in [0.717, 1.165) is 6.26 Å². The zero-order valence-corrected chi connectivity index (χ0v) is 8.91. The Bertz CT molecular complexity index is 414. The van der Waals surface area contributed by atoms with Crippen LogP contribution < -0.4 is 5.32 Å². The van der Waals surface area contributed by atoms with Gasteiger partial charge in [0, 0.05) is 18.3 Å². The molecule has 1 rings (SSSR count). The van der Waals surface area contributed by atoms with Crippen molar-refractivity contribution in [3.05, 3.63) is 23.2 Å². The fraction of sp³-hybridized carbons (Fsp3) is 0.250. The molecule has 0 saturated carbocycles. The van der Waals surface area contributed by atoms with Crippen LogP contribution in [0.5, 0.6) is 0 Å². The highest BCUT2D eigenvalue weighted by atomic mass is 35.5. The normalized spacial score (nSPS) is 11.3. The first-order valence-electron chi connectivity index (χ1n) is 3.62. The molecule has 0 fully saturated rings. The molecule has 1 aromatic carbocycles. The minimum Gasteiger partial charge on any atom is -0.387 e. The second kappa shape index (κ2) is 3.55. The lowest BCUT2D eigenvalue weighted by Gasteiger charge is -2.06. The van der Waals surface area contributed by atoms with E-state index in [1.165, 1.54) is 6.07 Å². The molecular formula is C8H10ClNO2S. The van der Waals surface area contributed by atoms with Gasteiger partial charge in [-0.05, 0) is 18.2 Å². The van der Waals surface area contributed by atoms with Crippen molar-refractivity contribution in [3.8, 4) is 0 Å². The average Bonchev–Trinajstić information content (AvgIpc) is 2.03. The molecule has 1 N–H and O–H groups in total. The Kier molecular flexibility index (Phi) is 2.83. The first-order chi connectivity index (χ1) is 5.95. The highest BCUT2D eigenvalue weighted by Crippen LogP contribution is 2.24. The summed E-state index contributed by atoms with van der Waals surface area (Å²) < 4.78 is 22.5. The SMILES string of the molecule is CNc1ccc(Cl)cc1S(C)(=O)=O. The average molecular weight is 220 g/mol. The number of benzene rings is 1. The van der Waals surface area contributed by atoms with Crippen LogP contribution in [-0.4, -0.2) is 21.7 Å². The van der Waals surface area contributed by atoms with Gasteiger partial charge in [-0.25, -0.2) is 8.42 Å². The van der Waals surface area contributed by atoms with Gasteiger partial charge in [0.15, 0.2) is 9.84 Å². The van der Waals surface area contributed by atoms with Crippen LogP contribution in [0, 0.1) is 0 Å². The van der Waals surface area contributed by atoms with Crippen molar-refractivity contribution in [1.29, 1.82) is 0 Å². The molecule has 1 aromatic rings. The van der Waals surface area contributed by atoms with Crippen LogP contribution in [0.3, 0.4) is 0 Å². The molecule has 0 aliphatic rings. The van der Waals surface area contributed by atoms with E-state index in [0.29, 0.717) is 10.7 Å². The van der Waals surface area contributed by atoms with E-state index in [9.17, 15) is 8.42 Å². The molecule has 0 amide bonds. The molecular weight excluding hydrogens is 210 g/mol. The van der Waals surface area contributed by atoms with Crippen molar-refractivity contribution in [1.82, 2.24) is 0 Å². The van der Waals surface area contributed by atoms with Crippen molar-refractivity contribution in [2.45, 2.75) is 4.90 Å². The largest absolute Gasteiger partial charge is 0.387 e. The van der Waals surface area contributed by atoms with Gasteiger partial charge in [-0.3, -0.25) is 0 Å². The summed E-state index contributed by atoms with van der Waals surface area (Å²) >= 11 is 5.69.